The first-order chi connectivity index (χ1) is 28.0. The minimum absolute atomic E-state index is 0.0612. The van der Waals surface area contributed by atoms with Gasteiger partial charge in [0.15, 0.2) is 0 Å². The van der Waals surface area contributed by atoms with Crippen molar-refractivity contribution in [3.05, 3.63) is 205 Å². The molecule has 9 aromatic rings. The van der Waals surface area contributed by atoms with Gasteiger partial charge in [-0.1, -0.05) is 171 Å². The standard InChI is InChI=1S/C55H41NO/c1-55(2)48-24-13-11-22-43(48)44-33-32-40(34-49(44)55)56(50-25-14-12-20-41(50)38-18-7-4-8-19-38)51-26-15-27-52-53(51)47-35-46(42-21-9-10-23-45(42)54(47)57-52)39-30-28-37(29-31-39)36-16-5-3-6-17-36/h3-12,14-23,25-35H,13,24H2,1-2H3. The van der Waals surface area contributed by atoms with Crippen LogP contribution in [0.15, 0.2) is 198 Å². The minimum atomic E-state index is -0.0612. The number of nitrogens with zero attached hydrogens (tertiary/aromatic N) is 1. The molecule has 2 heteroatoms. The van der Waals surface area contributed by atoms with E-state index in [-0.39, 0.29) is 5.41 Å². The lowest BCUT2D eigenvalue weighted by Gasteiger charge is -2.31. The molecule has 11 rings (SSSR count). The molecule has 0 radical (unpaired) electrons. The monoisotopic (exact) mass is 731 g/mol. The SMILES string of the molecule is CC1(C)C2=C(C=CCC2)c2ccc(N(c3ccccc3-c3ccccc3)c3cccc4oc5c6ccccc6c(-c6ccc(-c7ccccc7)cc6)cc5c34)cc21. The Morgan fingerprint density at radius 1 is 0.509 bits per heavy atom. The molecule has 1 aromatic heterocycles. The van der Waals surface area contributed by atoms with Crippen molar-refractivity contribution in [2.45, 2.75) is 32.1 Å². The van der Waals surface area contributed by atoms with Crippen molar-refractivity contribution >= 4 is 55.3 Å². The molecule has 0 fully saturated rings. The van der Waals surface area contributed by atoms with E-state index in [9.17, 15) is 0 Å². The molecule has 0 N–H and O–H groups in total. The van der Waals surface area contributed by atoms with Crippen LogP contribution in [0.5, 0.6) is 0 Å². The Labute approximate surface area is 333 Å². The first kappa shape index (κ1) is 33.4. The molecule has 0 spiro atoms. The second-order valence-electron chi connectivity index (χ2n) is 15.9. The molecular formula is C55H41NO. The first-order valence-corrected chi connectivity index (χ1v) is 20.1. The molecule has 57 heavy (non-hydrogen) atoms. The fraction of sp³-hybridized carbons (Fsp3) is 0.0909. The van der Waals surface area contributed by atoms with Crippen LogP contribution in [-0.2, 0) is 5.41 Å². The van der Waals surface area contributed by atoms with Crippen LogP contribution < -0.4 is 4.90 Å². The van der Waals surface area contributed by atoms with Gasteiger partial charge in [0.2, 0.25) is 0 Å². The van der Waals surface area contributed by atoms with Gasteiger partial charge in [0.05, 0.1) is 16.8 Å². The lowest BCUT2D eigenvalue weighted by atomic mass is 9.78. The molecule has 0 amide bonds. The summed E-state index contributed by atoms with van der Waals surface area (Å²) in [6.07, 6.45) is 6.89. The molecule has 2 aliphatic carbocycles. The second-order valence-corrected chi connectivity index (χ2v) is 15.9. The lowest BCUT2D eigenvalue weighted by molar-refractivity contribution is 0.607. The summed E-state index contributed by atoms with van der Waals surface area (Å²) in [6, 6.07) is 63.9. The molecule has 1 heterocycles. The van der Waals surface area contributed by atoms with E-state index in [1.807, 2.05) is 0 Å². The highest BCUT2D eigenvalue weighted by Gasteiger charge is 2.38. The van der Waals surface area contributed by atoms with Gasteiger partial charge in [-0.2, -0.15) is 0 Å². The van der Waals surface area contributed by atoms with Gasteiger partial charge in [-0.25, -0.2) is 0 Å². The van der Waals surface area contributed by atoms with Crippen LogP contribution in [0.25, 0.3) is 71.7 Å². The van der Waals surface area contributed by atoms with Crippen LogP contribution in [-0.4, -0.2) is 0 Å². The van der Waals surface area contributed by atoms with Crippen LogP contribution in [0.2, 0.25) is 0 Å². The molecule has 0 atom stereocenters. The summed E-state index contributed by atoms with van der Waals surface area (Å²) in [5, 5.41) is 4.49. The number of allylic oxidation sites excluding steroid dienone is 4. The zero-order valence-electron chi connectivity index (χ0n) is 32.2. The normalized spacial score (nSPS) is 14.4. The van der Waals surface area contributed by atoms with Crippen molar-refractivity contribution in [1.82, 2.24) is 0 Å². The van der Waals surface area contributed by atoms with Gasteiger partial charge in [-0.15, -0.1) is 0 Å². The predicted octanol–water partition coefficient (Wildman–Crippen LogP) is 15.6. The van der Waals surface area contributed by atoms with E-state index in [0.717, 1.165) is 57.2 Å². The van der Waals surface area contributed by atoms with Crippen LogP contribution in [0.4, 0.5) is 17.1 Å². The van der Waals surface area contributed by atoms with E-state index in [0.29, 0.717) is 0 Å². The van der Waals surface area contributed by atoms with Gasteiger partial charge in [-0.05, 0) is 99.1 Å². The van der Waals surface area contributed by atoms with Crippen molar-refractivity contribution < 1.29 is 4.42 Å². The Hall–Kier alpha value is -6.90. The smallest absolute Gasteiger partial charge is 0.143 e. The van der Waals surface area contributed by atoms with E-state index in [2.05, 4.69) is 207 Å². The Kier molecular flexibility index (Phi) is 7.69. The summed E-state index contributed by atoms with van der Waals surface area (Å²) < 4.78 is 6.94. The van der Waals surface area contributed by atoms with Crippen LogP contribution in [0.1, 0.15) is 37.8 Å². The zero-order chi connectivity index (χ0) is 38.1. The fourth-order valence-electron chi connectivity index (χ4n) is 9.62. The van der Waals surface area contributed by atoms with Crippen LogP contribution in [0.3, 0.4) is 0 Å². The number of para-hydroxylation sites is 1. The molecular weight excluding hydrogens is 691 g/mol. The average Bonchev–Trinajstić information content (AvgIpc) is 3.77. The molecule has 272 valence electrons. The van der Waals surface area contributed by atoms with E-state index in [4.69, 9.17) is 4.42 Å². The van der Waals surface area contributed by atoms with E-state index < -0.39 is 0 Å². The van der Waals surface area contributed by atoms with E-state index in [1.54, 1.807) is 5.57 Å². The number of anilines is 3. The van der Waals surface area contributed by atoms with Gasteiger partial charge in [0.1, 0.15) is 11.2 Å². The maximum absolute atomic E-state index is 6.94. The van der Waals surface area contributed by atoms with Crippen molar-refractivity contribution in [2.75, 3.05) is 4.90 Å². The molecule has 0 saturated carbocycles. The summed E-state index contributed by atoms with van der Waals surface area (Å²) in [4.78, 5) is 2.48. The number of rotatable bonds is 6. The maximum atomic E-state index is 6.94. The molecule has 0 aliphatic heterocycles. The highest BCUT2D eigenvalue weighted by Crippen LogP contribution is 2.53. The van der Waals surface area contributed by atoms with Gasteiger partial charge >= 0.3 is 0 Å². The number of hydrogen-bond acceptors (Lipinski definition) is 2. The Morgan fingerprint density at radius 3 is 1.96 bits per heavy atom. The van der Waals surface area contributed by atoms with Crippen molar-refractivity contribution in [3.63, 3.8) is 0 Å². The van der Waals surface area contributed by atoms with Crippen molar-refractivity contribution in [3.8, 4) is 33.4 Å². The Morgan fingerprint density at radius 2 is 1.16 bits per heavy atom. The molecule has 0 unspecified atom stereocenters. The Bertz CT molecular complexity index is 3070. The zero-order valence-corrected chi connectivity index (χ0v) is 32.2. The third-order valence-corrected chi connectivity index (χ3v) is 12.4. The number of benzene rings is 8. The summed E-state index contributed by atoms with van der Waals surface area (Å²) in [5.74, 6) is 0. The summed E-state index contributed by atoms with van der Waals surface area (Å²) in [7, 11) is 0. The molecule has 2 aliphatic rings. The second kappa shape index (κ2) is 13.1. The summed E-state index contributed by atoms with van der Waals surface area (Å²) in [6.45, 7) is 4.81. The number of furan rings is 1. The molecule has 0 saturated heterocycles. The van der Waals surface area contributed by atoms with Crippen LogP contribution in [0, 0.1) is 0 Å². The molecule has 8 aromatic carbocycles. The minimum Gasteiger partial charge on any atom is -0.455 e. The fourth-order valence-corrected chi connectivity index (χ4v) is 9.62. The van der Waals surface area contributed by atoms with Crippen molar-refractivity contribution in [1.29, 1.82) is 0 Å². The molecule has 0 bridgehead atoms. The van der Waals surface area contributed by atoms with Crippen LogP contribution >= 0.6 is 0 Å². The summed E-state index contributed by atoms with van der Waals surface area (Å²) in [5.41, 5.74) is 17.9. The van der Waals surface area contributed by atoms with E-state index >= 15 is 0 Å². The predicted molar refractivity (Wildman–Crippen MR) is 241 cm³/mol. The first-order valence-electron chi connectivity index (χ1n) is 20.1. The third-order valence-electron chi connectivity index (χ3n) is 12.4. The highest BCUT2D eigenvalue weighted by atomic mass is 16.3. The van der Waals surface area contributed by atoms with E-state index in [1.165, 1.54) is 55.5 Å². The topological polar surface area (TPSA) is 16.4 Å². The third kappa shape index (κ3) is 5.32. The van der Waals surface area contributed by atoms with Gasteiger partial charge < -0.3 is 9.32 Å². The highest BCUT2D eigenvalue weighted by molar-refractivity contribution is 6.22. The average molecular weight is 732 g/mol. The number of hydrogen-bond donors (Lipinski definition) is 0. The number of fused-ring (bicyclic) bond motifs is 7. The Balaban J connectivity index is 1.17. The lowest BCUT2D eigenvalue weighted by Crippen LogP contribution is -2.19. The summed E-state index contributed by atoms with van der Waals surface area (Å²) >= 11 is 0. The molecule has 2 nitrogen and oxygen atoms in total. The van der Waals surface area contributed by atoms with Gasteiger partial charge in [0, 0.05) is 27.4 Å². The van der Waals surface area contributed by atoms with Gasteiger partial charge in [-0.3, -0.25) is 0 Å². The van der Waals surface area contributed by atoms with Gasteiger partial charge in [0.25, 0.3) is 0 Å². The maximum Gasteiger partial charge on any atom is 0.143 e. The van der Waals surface area contributed by atoms with Crippen molar-refractivity contribution in [2.24, 2.45) is 0 Å². The largest absolute Gasteiger partial charge is 0.455 e. The quantitative estimate of drug-likeness (QED) is 0.169.